The van der Waals surface area contributed by atoms with Crippen molar-refractivity contribution in [2.45, 2.75) is 94.1 Å². The van der Waals surface area contributed by atoms with Gasteiger partial charge in [0.1, 0.15) is 23.4 Å². The third-order valence-electron chi connectivity index (χ3n) is 11.3. The van der Waals surface area contributed by atoms with E-state index in [9.17, 15) is 27.6 Å². The van der Waals surface area contributed by atoms with Gasteiger partial charge in [-0.1, -0.05) is 61.4 Å². The summed E-state index contributed by atoms with van der Waals surface area (Å²) in [4.78, 5) is 71.3. The van der Waals surface area contributed by atoms with Gasteiger partial charge in [0.25, 0.3) is 5.91 Å². The molecule has 55 heavy (non-hydrogen) atoms. The number of rotatable bonds is 8. The second-order valence-electron chi connectivity index (χ2n) is 15.3. The lowest BCUT2D eigenvalue weighted by Gasteiger charge is -2.29. The minimum atomic E-state index is -3.89. The Morgan fingerprint density at radius 2 is 1.73 bits per heavy atom. The number of fused-ring (bicyclic) bond motifs is 5. The highest BCUT2D eigenvalue weighted by molar-refractivity contribution is 7.91. The summed E-state index contributed by atoms with van der Waals surface area (Å²) in [6.07, 6.45) is 10.7. The molecule has 5 atom stereocenters. The predicted molar refractivity (Wildman–Crippen MR) is 204 cm³/mol. The third kappa shape index (κ3) is 7.56. The summed E-state index contributed by atoms with van der Waals surface area (Å²) >= 11 is 0. The minimum absolute atomic E-state index is 0.0351. The van der Waals surface area contributed by atoms with E-state index in [4.69, 9.17) is 9.72 Å². The van der Waals surface area contributed by atoms with E-state index in [-0.39, 0.29) is 43.2 Å². The number of ether oxygens (including phenoxy) is 1. The lowest BCUT2D eigenvalue weighted by atomic mass is 9.92. The summed E-state index contributed by atoms with van der Waals surface area (Å²) in [7, 11) is -3.89. The first-order valence-corrected chi connectivity index (χ1v) is 20.7. The van der Waals surface area contributed by atoms with Crippen LogP contribution in [0, 0.1) is 18.8 Å². The third-order valence-corrected chi connectivity index (χ3v) is 13.1. The Morgan fingerprint density at radius 1 is 0.964 bits per heavy atom. The lowest BCUT2D eigenvalue weighted by Crippen LogP contribution is -2.57. The molecule has 2 aliphatic carbocycles. The van der Waals surface area contributed by atoms with E-state index in [1.807, 2.05) is 60.7 Å². The second kappa shape index (κ2) is 14.8. The normalized spacial score (nSPS) is 26.6. The Balaban J connectivity index is 1.12. The van der Waals surface area contributed by atoms with Crippen LogP contribution in [0.5, 0.6) is 5.88 Å². The van der Waals surface area contributed by atoms with Crippen LogP contribution in [0.25, 0.3) is 21.7 Å². The van der Waals surface area contributed by atoms with Crippen LogP contribution in [-0.4, -0.2) is 81.3 Å². The predicted octanol–water partition coefficient (Wildman–Crippen LogP) is 4.73. The van der Waals surface area contributed by atoms with Crippen LogP contribution < -0.4 is 14.8 Å². The van der Waals surface area contributed by atoms with Crippen molar-refractivity contribution in [1.29, 1.82) is 0 Å². The number of hydrogen-bond acceptors (Lipinski definition) is 10. The van der Waals surface area contributed by atoms with E-state index >= 15 is 0 Å². The van der Waals surface area contributed by atoms with Crippen molar-refractivity contribution in [3.05, 3.63) is 84.5 Å². The summed E-state index contributed by atoms with van der Waals surface area (Å²) in [5, 5.41) is 4.99. The van der Waals surface area contributed by atoms with E-state index < -0.39 is 56.6 Å². The van der Waals surface area contributed by atoms with Crippen molar-refractivity contribution < 1.29 is 32.3 Å². The van der Waals surface area contributed by atoms with Crippen LogP contribution in [0.4, 0.5) is 0 Å². The first-order chi connectivity index (χ1) is 26.5. The number of carbonyl (C=O) groups is 4. The number of Topliss-reactive ketones (excluding diaryl/α,β-unsaturated/α-hetero) is 1. The van der Waals surface area contributed by atoms with Gasteiger partial charge in [0.2, 0.25) is 27.7 Å². The maximum absolute atomic E-state index is 14.7. The standard InChI is InChI=1S/C41H44N6O7S/c1-25-22-43-34(23-42-25)36(48)19-26-11-5-3-2-4-6-12-27-21-41(27,40(51)46-55(52,53)29-17-18-29)45-37(49)35-20-28(24-47(35)39(26)50)54-38-32-15-8-7-13-30(32)31-14-9-10-16-33(31)44-38/h6-10,12-16,22-23,26-29,35H,2-5,11,17-21,24H2,1H3,(H,45,49)(H,46,51)/b12-6-/t26-,27-,28-,35+,41-/m1/s1. The van der Waals surface area contributed by atoms with Gasteiger partial charge in [0.15, 0.2) is 5.78 Å². The number of pyridine rings is 1. The number of ketones is 1. The molecule has 2 aliphatic heterocycles. The molecule has 13 nitrogen and oxygen atoms in total. The lowest BCUT2D eigenvalue weighted by molar-refractivity contribution is -0.142. The molecule has 4 aromatic rings. The zero-order valence-corrected chi connectivity index (χ0v) is 31.5. The molecule has 2 aromatic carbocycles. The summed E-state index contributed by atoms with van der Waals surface area (Å²) in [5.74, 6) is -2.85. The molecule has 0 radical (unpaired) electrons. The molecule has 0 unspecified atom stereocenters. The fourth-order valence-corrected chi connectivity index (χ4v) is 9.33. The van der Waals surface area contributed by atoms with Gasteiger partial charge < -0.3 is 15.0 Å². The number of aromatic nitrogens is 3. The summed E-state index contributed by atoms with van der Waals surface area (Å²) in [6, 6.07) is 14.4. The molecule has 3 amide bonds. The Hall–Kier alpha value is -5.24. The molecule has 4 heterocycles. The number of benzene rings is 2. The Morgan fingerprint density at radius 3 is 2.49 bits per heavy atom. The maximum atomic E-state index is 14.7. The highest BCUT2D eigenvalue weighted by Gasteiger charge is 2.62. The molecule has 4 aliphatic rings. The SMILES string of the molecule is Cc1cnc(C(=O)C[C@H]2CCCCC/C=C\[C@@H]3C[C@@]3(C(=O)NS(=O)(=O)C3CC3)NC(=O)[C@@H]3C[C@@H](Oc4nc5ccccc5c5ccccc45)CN3C2=O)cn1. The first-order valence-electron chi connectivity index (χ1n) is 19.1. The zero-order valence-electron chi connectivity index (χ0n) is 30.6. The van der Waals surface area contributed by atoms with Crippen molar-refractivity contribution in [2.75, 3.05) is 6.54 Å². The monoisotopic (exact) mass is 764 g/mol. The van der Waals surface area contributed by atoms with Crippen molar-refractivity contribution in [3.8, 4) is 5.88 Å². The highest BCUT2D eigenvalue weighted by Crippen LogP contribution is 2.46. The average molecular weight is 765 g/mol. The molecule has 1 saturated heterocycles. The van der Waals surface area contributed by atoms with Crippen LogP contribution in [0.1, 0.15) is 80.4 Å². The van der Waals surface area contributed by atoms with Gasteiger partial charge in [-0.2, -0.15) is 0 Å². The maximum Gasteiger partial charge on any atom is 0.259 e. The van der Waals surface area contributed by atoms with Gasteiger partial charge in [0, 0.05) is 41.6 Å². The molecule has 0 bridgehead atoms. The number of amides is 3. The number of sulfonamides is 1. The van der Waals surface area contributed by atoms with Gasteiger partial charge >= 0.3 is 0 Å². The number of para-hydroxylation sites is 1. The van der Waals surface area contributed by atoms with E-state index in [2.05, 4.69) is 20.0 Å². The molecule has 2 N–H and O–H groups in total. The molecule has 2 aromatic heterocycles. The smallest absolute Gasteiger partial charge is 0.259 e. The van der Waals surface area contributed by atoms with Crippen molar-refractivity contribution in [2.24, 2.45) is 11.8 Å². The molecule has 286 valence electrons. The number of hydrogen-bond donors (Lipinski definition) is 2. The van der Waals surface area contributed by atoms with Crippen molar-refractivity contribution in [1.82, 2.24) is 29.9 Å². The van der Waals surface area contributed by atoms with Crippen LogP contribution in [-0.2, 0) is 24.4 Å². The number of nitrogens with one attached hydrogen (secondary N) is 2. The molecular formula is C41H44N6O7S. The topological polar surface area (TPSA) is 178 Å². The Bertz CT molecular complexity index is 2310. The fraction of sp³-hybridized carbons (Fsp3) is 0.439. The molecule has 2 saturated carbocycles. The van der Waals surface area contributed by atoms with Gasteiger partial charge in [-0.3, -0.25) is 28.9 Å². The van der Waals surface area contributed by atoms with E-state index in [1.54, 1.807) is 6.92 Å². The number of allylic oxidation sites excluding steroid dienone is 1. The van der Waals surface area contributed by atoms with Gasteiger partial charge in [0.05, 0.1) is 29.2 Å². The van der Waals surface area contributed by atoms with Gasteiger partial charge in [-0.15, -0.1) is 0 Å². The Labute approximate surface area is 319 Å². The van der Waals surface area contributed by atoms with Crippen LogP contribution >= 0.6 is 0 Å². The highest BCUT2D eigenvalue weighted by atomic mass is 32.2. The van der Waals surface area contributed by atoms with E-state index in [1.165, 1.54) is 17.3 Å². The first kappa shape index (κ1) is 36.7. The fourth-order valence-electron chi connectivity index (χ4n) is 7.97. The quantitative estimate of drug-likeness (QED) is 0.145. The minimum Gasteiger partial charge on any atom is -0.472 e. The van der Waals surface area contributed by atoms with E-state index in [0.29, 0.717) is 43.7 Å². The van der Waals surface area contributed by atoms with Crippen LogP contribution in [0.2, 0.25) is 0 Å². The average Bonchev–Trinajstić information content (AvgIpc) is 4.11. The Kier molecular flexibility index (Phi) is 9.87. The zero-order chi connectivity index (χ0) is 38.3. The summed E-state index contributed by atoms with van der Waals surface area (Å²) in [6.45, 7) is 1.81. The largest absolute Gasteiger partial charge is 0.472 e. The number of nitrogens with zero attached hydrogens (tertiary/aromatic N) is 4. The second-order valence-corrected chi connectivity index (χ2v) is 17.3. The molecule has 0 spiro atoms. The summed E-state index contributed by atoms with van der Waals surface area (Å²) in [5.41, 5.74) is 0.0756. The number of aryl methyl sites for hydroxylation is 1. The van der Waals surface area contributed by atoms with Gasteiger partial charge in [-0.05, 0) is 63.0 Å². The van der Waals surface area contributed by atoms with E-state index in [0.717, 1.165) is 34.5 Å². The molecular weight excluding hydrogens is 721 g/mol. The van der Waals surface area contributed by atoms with Crippen molar-refractivity contribution in [3.63, 3.8) is 0 Å². The molecule has 3 fully saturated rings. The summed E-state index contributed by atoms with van der Waals surface area (Å²) < 4.78 is 34.6. The van der Waals surface area contributed by atoms with Crippen LogP contribution in [0.15, 0.2) is 73.1 Å². The van der Waals surface area contributed by atoms with Gasteiger partial charge in [-0.25, -0.2) is 18.4 Å². The van der Waals surface area contributed by atoms with Crippen LogP contribution in [0.3, 0.4) is 0 Å². The van der Waals surface area contributed by atoms with Crippen molar-refractivity contribution >= 4 is 55.2 Å². The molecule has 8 rings (SSSR count). The molecule has 14 heteroatoms. The number of carbonyl (C=O) groups excluding carboxylic acids is 4.